The topological polar surface area (TPSA) is 147 Å². The number of amides is 4. The second-order valence-corrected chi connectivity index (χ2v) is 7.81. The van der Waals surface area contributed by atoms with Crippen molar-refractivity contribution in [3.05, 3.63) is 42.4 Å². The van der Waals surface area contributed by atoms with E-state index in [1.165, 1.54) is 7.11 Å². The zero-order valence-electron chi connectivity index (χ0n) is 18.7. The van der Waals surface area contributed by atoms with Gasteiger partial charge in [0.1, 0.15) is 17.5 Å². The van der Waals surface area contributed by atoms with Gasteiger partial charge in [0.25, 0.3) is 17.7 Å². The van der Waals surface area contributed by atoms with E-state index in [2.05, 4.69) is 22.3 Å². The molecule has 1 atom stereocenters. The van der Waals surface area contributed by atoms with Gasteiger partial charge in [-0.1, -0.05) is 26.5 Å². The molecule has 2 aromatic rings. The van der Waals surface area contributed by atoms with Gasteiger partial charge in [0.15, 0.2) is 5.83 Å². The fourth-order valence-electron chi connectivity index (χ4n) is 3.15. The highest BCUT2D eigenvalue weighted by Gasteiger charge is 2.27. The number of carbonyl (C=O) groups excluding carboxylic acids is 4. The van der Waals surface area contributed by atoms with E-state index in [0.717, 1.165) is 0 Å². The zero-order chi connectivity index (χ0) is 24.7. The molecule has 5 N–H and O–H groups in total. The molecule has 0 bridgehead atoms. The third kappa shape index (κ3) is 6.79. The molecule has 11 heteroatoms. The highest BCUT2D eigenvalue weighted by Crippen LogP contribution is 2.26. The maximum atomic E-state index is 13.4. The maximum Gasteiger partial charge on any atom is 0.300 e. The number of carbonyl (C=O) groups is 4. The van der Waals surface area contributed by atoms with E-state index in [1.807, 2.05) is 13.8 Å². The molecule has 10 nitrogen and oxygen atoms in total. The number of hydrazine groups is 1. The number of benzene rings is 1. The number of aromatic amines is 1. The Balaban J connectivity index is 2.22. The van der Waals surface area contributed by atoms with Crippen LogP contribution in [-0.4, -0.2) is 53.3 Å². The molecule has 0 spiro atoms. The molecule has 0 aliphatic rings. The SMILES string of the molecule is C=C(F)C(=O)N(CCC(N)=O)NC(=O)[C@H](CC(C)C)NC(=O)c1cc2c(OC)cccc2[nH]1. The van der Waals surface area contributed by atoms with Gasteiger partial charge in [0.05, 0.1) is 13.7 Å². The van der Waals surface area contributed by atoms with Crippen molar-refractivity contribution in [2.24, 2.45) is 11.7 Å². The molecular formula is C22H28FN5O5. The lowest BCUT2D eigenvalue weighted by Gasteiger charge is -2.26. The van der Waals surface area contributed by atoms with E-state index in [-0.39, 0.29) is 31.0 Å². The molecule has 1 heterocycles. The molecule has 2 rings (SSSR count). The monoisotopic (exact) mass is 461 g/mol. The normalized spacial score (nSPS) is 11.7. The van der Waals surface area contributed by atoms with Crippen molar-refractivity contribution < 1.29 is 28.3 Å². The number of nitrogens with one attached hydrogen (secondary N) is 3. The summed E-state index contributed by atoms with van der Waals surface area (Å²) in [5, 5.41) is 3.94. The van der Waals surface area contributed by atoms with Crippen LogP contribution in [-0.2, 0) is 14.4 Å². The minimum Gasteiger partial charge on any atom is -0.496 e. The highest BCUT2D eigenvalue weighted by molar-refractivity contribution is 6.01. The van der Waals surface area contributed by atoms with Crippen molar-refractivity contribution in [1.82, 2.24) is 20.7 Å². The maximum absolute atomic E-state index is 13.4. The largest absolute Gasteiger partial charge is 0.496 e. The third-order valence-corrected chi connectivity index (χ3v) is 4.72. The summed E-state index contributed by atoms with van der Waals surface area (Å²) in [5.74, 6) is -4.03. The number of hydrogen-bond acceptors (Lipinski definition) is 5. The summed E-state index contributed by atoms with van der Waals surface area (Å²) in [6.07, 6.45) is -0.0764. The van der Waals surface area contributed by atoms with Crippen LogP contribution < -0.4 is 21.2 Å². The van der Waals surface area contributed by atoms with Crippen LogP contribution in [0.5, 0.6) is 5.75 Å². The van der Waals surface area contributed by atoms with E-state index in [9.17, 15) is 23.6 Å². The first-order valence-corrected chi connectivity index (χ1v) is 10.2. The molecule has 0 saturated carbocycles. The Morgan fingerprint density at radius 1 is 1.27 bits per heavy atom. The standard InChI is InChI=1S/C22H28FN5O5/c1-12(2)10-16(21(31)27-28(9-8-19(24)29)22(32)13(3)23)26-20(30)17-11-14-15(25-17)6-5-7-18(14)33-4/h5-7,11-12,16,25H,3,8-10H2,1-2,4H3,(H2,24,29)(H,26,30)(H,27,31)/t16-/m0/s1. The van der Waals surface area contributed by atoms with E-state index in [1.54, 1.807) is 24.3 Å². The van der Waals surface area contributed by atoms with Gasteiger partial charge in [-0.25, -0.2) is 9.40 Å². The van der Waals surface area contributed by atoms with Gasteiger partial charge in [0, 0.05) is 17.3 Å². The van der Waals surface area contributed by atoms with Crippen LogP contribution in [0.1, 0.15) is 37.2 Å². The van der Waals surface area contributed by atoms with Gasteiger partial charge in [-0.05, 0) is 30.5 Å². The average Bonchev–Trinajstić information content (AvgIpc) is 3.19. The molecule has 4 amide bonds. The molecule has 0 saturated heterocycles. The average molecular weight is 461 g/mol. The van der Waals surface area contributed by atoms with Crippen molar-refractivity contribution in [2.45, 2.75) is 32.7 Å². The van der Waals surface area contributed by atoms with E-state index >= 15 is 0 Å². The second-order valence-electron chi connectivity index (χ2n) is 7.81. The Labute approximate surface area is 190 Å². The third-order valence-electron chi connectivity index (χ3n) is 4.72. The van der Waals surface area contributed by atoms with Gasteiger partial charge in [0.2, 0.25) is 5.91 Å². The molecule has 0 fully saturated rings. The van der Waals surface area contributed by atoms with Gasteiger partial charge >= 0.3 is 0 Å². The molecule has 33 heavy (non-hydrogen) atoms. The summed E-state index contributed by atoms with van der Waals surface area (Å²) < 4.78 is 18.7. The Morgan fingerprint density at radius 3 is 2.55 bits per heavy atom. The minimum absolute atomic E-state index is 0.00484. The van der Waals surface area contributed by atoms with Gasteiger partial charge < -0.3 is 20.8 Å². The number of halogens is 1. The lowest BCUT2D eigenvalue weighted by Crippen LogP contribution is -2.55. The molecule has 0 radical (unpaired) electrons. The van der Waals surface area contributed by atoms with E-state index in [0.29, 0.717) is 21.7 Å². The summed E-state index contributed by atoms with van der Waals surface area (Å²) >= 11 is 0. The summed E-state index contributed by atoms with van der Waals surface area (Å²) in [4.78, 5) is 51.8. The number of aromatic nitrogens is 1. The molecular weight excluding hydrogens is 433 g/mol. The Bertz CT molecular complexity index is 1060. The van der Waals surface area contributed by atoms with Crippen LogP contribution in [0.2, 0.25) is 0 Å². The molecule has 1 aromatic heterocycles. The molecule has 0 aliphatic heterocycles. The van der Waals surface area contributed by atoms with Crippen molar-refractivity contribution in [2.75, 3.05) is 13.7 Å². The first-order chi connectivity index (χ1) is 15.5. The number of primary amides is 1. The number of hydrogen-bond donors (Lipinski definition) is 4. The Kier molecular flexibility index (Phi) is 8.55. The molecule has 0 unspecified atom stereocenters. The van der Waals surface area contributed by atoms with Crippen LogP contribution in [0.3, 0.4) is 0 Å². The summed E-state index contributed by atoms with van der Waals surface area (Å²) in [5.41, 5.74) is 8.21. The van der Waals surface area contributed by atoms with Crippen LogP contribution in [0.4, 0.5) is 4.39 Å². The summed E-state index contributed by atoms with van der Waals surface area (Å²) in [6.45, 7) is 6.26. The summed E-state index contributed by atoms with van der Waals surface area (Å²) in [7, 11) is 1.52. The number of nitrogens with two attached hydrogens (primary N) is 1. The molecule has 0 aliphatic carbocycles. The molecule has 1 aromatic carbocycles. The number of methoxy groups -OCH3 is 1. The van der Waals surface area contributed by atoms with Gasteiger partial charge in [-0.15, -0.1) is 0 Å². The quantitative estimate of drug-likeness (QED) is 0.313. The van der Waals surface area contributed by atoms with Gasteiger partial charge in [-0.3, -0.25) is 24.6 Å². The van der Waals surface area contributed by atoms with Crippen molar-refractivity contribution >= 4 is 34.5 Å². The van der Waals surface area contributed by atoms with Crippen molar-refractivity contribution in [1.29, 1.82) is 0 Å². The van der Waals surface area contributed by atoms with E-state index in [4.69, 9.17) is 10.5 Å². The molecule has 178 valence electrons. The number of ether oxygens (including phenoxy) is 1. The van der Waals surface area contributed by atoms with Crippen LogP contribution >= 0.6 is 0 Å². The second kappa shape index (κ2) is 11.1. The first kappa shape index (κ1) is 25.4. The van der Waals surface area contributed by atoms with Crippen LogP contribution in [0, 0.1) is 5.92 Å². The Hall–Kier alpha value is -3.89. The number of H-pyrrole nitrogens is 1. The van der Waals surface area contributed by atoms with Gasteiger partial charge in [-0.2, -0.15) is 0 Å². The fraction of sp³-hybridized carbons (Fsp3) is 0.364. The number of fused-ring (bicyclic) bond motifs is 1. The number of nitrogens with zero attached hydrogens (tertiary/aromatic N) is 1. The first-order valence-electron chi connectivity index (χ1n) is 10.2. The summed E-state index contributed by atoms with van der Waals surface area (Å²) in [6, 6.07) is 5.85. The van der Waals surface area contributed by atoms with Crippen molar-refractivity contribution in [3.63, 3.8) is 0 Å². The van der Waals surface area contributed by atoms with E-state index < -0.39 is 35.5 Å². The Morgan fingerprint density at radius 2 is 1.97 bits per heavy atom. The fourth-order valence-corrected chi connectivity index (χ4v) is 3.15. The predicted octanol–water partition coefficient (Wildman–Crippen LogP) is 1.54. The van der Waals surface area contributed by atoms with Crippen LogP contribution in [0.25, 0.3) is 10.9 Å². The minimum atomic E-state index is -1.32. The number of rotatable bonds is 10. The predicted molar refractivity (Wildman–Crippen MR) is 119 cm³/mol. The smallest absolute Gasteiger partial charge is 0.300 e. The lowest BCUT2D eigenvalue weighted by molar-refractivity contribution is -0.141. The van der Waals surface area contributed by atoms with Crippen molar-refractivity contribution in [3.8, 4) is 5.75 Å². The van der Waals surface area contributed by atoms with Crippen LogP contribution in [0.15, 0.2) is 36.7 Å². The highest BCUT2D eigenvalue weighted by atomic mass is 19.1. The zero-order valence-corrected chi connectivity index (χ0v) is 18.7. The lowest BCUT2D eigenvalue weighted by atomic mass is 10.0.